The number of nitrogens with zero attached hydrogens (tertiary/aromatic N) is 2. The van der Waals surface area contributed by atoms with Crippen molar-refractivity contribution in [2.45, 2.75) is 5.92 Å². The number of furan rings is 2. The molecule has 1 atom stereocenters. The molecular formula is C19H15Br2N3O3. The maximum absolute atomic E-state index is 9.67. The van der Waals surface area contributed by atoms with E-state index in [1.165, 1.54) is 0 Å². The summed E-state index contributed by atoms with van der Waals surface area (Å²) >= 11 is 6.65. The Balaban J connectivity index is 1.86. The van der Waals surface area contributed by atoms with Crippen LogP contribution < -0.4 is 5.73 Å². The Kier molecular flexibility index (Phi) is 4.76. The Labute approximate surface area is 172 Å². The van der Waals surface area contributed by atoms with Crippen molar-refractivity contribution in [2.75, 3.05) is 20.1 Å². The number of halogens is 2. The van der Waals surface area contributed by atoms with Gasteiger partial charge < -0.3 is 19.3 Å². The van der Waals surface area contributed by atoms with Crippen LogP contribution in [0.5, 0.6) is 0 Å². The largest absolute Gasteiger partial charge is 0.453 e. The van der Waals surface area contributed by atoms with Crippen molar-refractivity contribution < 1.29 is 13.6 Å². The fourth-order valence-electron chi connectivity index (χ4n) is 3.43. The number of likely N-dealkylation sites (N-methyl/N-ethyl adjacent to an activating group) is 1. The van der Waals surface area contributed by atoms with E-state index in [2.05, 4.69) is 42.8 Å². The highest BCUT2D eigenvalue weighted by molar-refractivity contribution is 9.10. The lowest BCUT2D eigenvalue weighted by Gasteiger charge is -2.35. The maximum atomic E-state index is 9.67. The van der Waals surface area contributed by atoms with Crippen LogP contribution in [0, 0.1) is 11.3 Å². The van der Waals surface area contributed by atoms with Crippen molar-refractivity contribution in [2.24, 2.45) is 5.73 Å². The quantitative estimate of drug-likeness (QED) is 0.664. The highest BCUT2D eigenvalue weighted by Crippen LogP contribution is 2.44. The second kappa shape index (κ2) is 7.08. The average molecular weight is 493 g/mol. The number of hydrogen-bond acceptors (Lipinski definition) is 6. The normalized spacial score (nSPS) is 22.0. The first-order chi connectivity index (χ1) is 13.0. The summed E-state index contributed by atoms with van der Waals surface area (Å²) in [6.45, 7) is 1.30. The third-order valence-electron chi connectivity index (χ3n) is 4.49. The number of nitrogens with two attached hydrogens (primary N) is 1. The zero-order valence-corrected chi connectivity index (χ0v) is 17.5. The molecule has 0 aliphatic carbocycles. The molecule has 6 nitrogen and oxygen atoms in total. The molecule has 4 heterocycles. The van der Waals surface area contributed by atoms with Crippen molar-refractivity contribution in [3.05, 3.63) is 73.5 Å². The van der Waals surface area contributed by atoms with Crippen molar-refractivity contribution in [1.29, 1.82) is 5.26 Å². The van der Waals surface area contributed by atoms with Crippen molar-refractivity contribution in [1.82, 2.24) is 4.90 Å². The van der Waals surface area contributed by atoms with Crippen LogP contribution in [-0.2, 0) is 4.74 Å². The van der Waals surface area contributed by atoms with Gasteiger partial charge in [0.05, 0.1) is 5.92 Å². The minimum Gasteiger partial charge on any atom is -0.453 e. The van der Waals surface area contributed by atoms with Gasteiger partial charge in [-0.05, 0) is 69.2 Å². The van der Waals surface area contributed by atoms with Gasteiger partial charge in [-0.1, -0.05) is 0 Å². The molecule has 138 valence electrons. The van der Waals surface area contributed by atoms with Crippen molar-refractivity contribution in [3.63, 3.8) is 0 Å². The molecule has 8 heteroatoms. The Morgan fingerprint density at radius 1 is 1.19 bits per heavy atom. The average Bonchev–Trinajstić information content (AvgIpc) is 3.22. The standard InChI is InChI=1S/C19H15Br2N3O3/c1-24-8-10(6-11-2-4-15(20)25-11)18-13(9-24)17(12(7-22)19(23)27-18)14-3-5-16(21)26-14/h2-6,17H,8-9,23H2,1H3/b10-6+. The predicted octanol–water partition coefficient (Wildman–Crippen LogP) is 4.49. The molecule has 0 radical (unpaired) electrons. The monoisotopic (exact) mass is 491 g/mol. The Bertz CT molecular complexity index is 1040. The van der Waals surface area contributed by atoms with Crippen LogP contribution in [0.4, 0.5) is 0 Å². The maximum Gasteiger partial charge on any atom is 0.205 e. The molecule has 2 aromatic heterocycles. The van der Waals surface area contributed by atoms with E-state index >= 15 is 0 Å². The summed E-state index contributed by atoms with van der Waals surface area (Å²) in [5.41, 5.74) is 8.32. The number of rotatable bonds is 2. The zero-order chi connectivity index (χ0) is 19.1. The van der Waals surface area contributed by atoms with Gasteiger partial charge in [-0.25, -0.2) is 0 Å². The van der Waals surface area contributed by atoms with Gasteiger partial charge in [0, 0.05) is 24.2 Å². The Hall–Kier alpha value is -2.21. The van der Waals surface area contributed by atoms with Crippen LogP contribution in [0.3, 0.4) is 0 Å². The van der Waals surface area contributed by atoms with E-state index in [9.17, 15) is 5.26 Å². The molecule has 2 aromatic rings. The van der Waals surface area contributed by atoms with Gasteiger partial charge in [-0.3, -0.25) is 4.90 Å². The Morgan fingerprint density at radius 2 is 1.93 bits per heavy atom. The van der Waals surface area contributed by atoms with E-state index in [0.29, 0.717) is 45.3 Å². The summed E-state index contributed by atoms with van der Waals surface area (Å²) in [4.78, 5) is 2.15. The first-order valence-electron chi connectivity index (χ1n) is 8.17. The van der Waals surface area contributed by atoms with Crippen LogP contribution in [-0.4, -0.2) is 25.0 Å². The lowest BCUT2D eigenvalue weighted by atomic mass is 9.83. The summed E-state index contributed by atoms with van der Waals surface area (Å²) in [5.74, 6) is 1.74. The highest BCUT2D eigenvalue weighted by atomic mass is 79.9. The van der Waals surface area contributed by atoms with Gasteiger partial charge in [0.25, 0.3) is 0 Å². The summed E-state index contributed by atoms with van der Waals surface area (Å²) < 4.78 is 18.5. The fraction of sp³-hybridized carbons (Fsp3) is 0.211. The second-order valence-corrected chi connectivity index (χ2v) is 7.97. The van der Waals surface area contributed by atoms with Crippen molar-refractivity contribution >= 4 is 37.9 Å². The van der Waals surface area contributed by atoms with Gasteiger partial charge in [-0.2, -0.15) is 5.26 Å². The van der Waals surface area contributed by atoms with Gasteiger partial charge in [-0.15, -0.1) is 0 Å². The molecule has 0 saturated heterocycles. The molecule has 0 aromatic carbocycles. The molecule has 2 aliphatic heterocycles. The third-order valence-corrected chi connectivity index (χ3v) is 5.34. The Morgan fingerprint density at radius 3 is 2.56 bits per heavy atom. The number of nitriles is 1. The van der Waals surface area contributed by atoms with E-state index in [0.717, 1.165) is 11.1 Å². The molecule has 0 amide bonds. The molecule has 0 spiro atoms. The summed E-state index contributed by atoms with van der Waals surface area (Å²) in [7, 11) is 2.01. The SMILES string of the molecule is CN1CC2=C(OC(N)=C(C#N)C2c2ccc(Br)o2)/C(=C/c2ccc(Br)o2)C1. The minimum absolute atomic E-state index is 0.102. The molecule has 2 aliphatic rings. The lowest BCUT2D eigenvalue weighted by Crippen LogP contribution is -2.35. The van der Waals surface area contributed by atoms with Crippen LogP contribution >= 0.6 is 31.9 Å². The van der Waals surface area contributed by atoms with E-state index < -0.39 is 0 Å². The van der Waals surface area contributed by atoms with Crippen LogP contribution in [0.2, 0.25) is 0 Å². The van der Waals surface area contributed by atoms with E-state index in [1.807, 2.05) is 31.3 Å². The third kappa shape index (κ3) is 3.38. The summed E-state index contributed by atoms with van der Waals surface area (Å²) in [6.07, 6.45) is 1.93. The van der Waals surface area contributed by atoms with E-state index in [-0.39, 0.29) is 11.8 Å². The topological polar surface area (TPSA) is 88.6 Å². The molecule has 1 unspecified atom stereocenters. The molecule has 27 heavy (non-hydrogen) atoms. The molecule has 4 rings (SSSR count). The molecular weight excluding hydrogens is 478 g/mol. The fourth-order valence-corrected chi connectivity index (χ4v) is 4.07. The van der Waals surface area contributed by atoms with Crippen LogP contribution in [0.25, 0.3) is 6.08 Å². The number of allylic oxidation sites excluding steroid dienone is 1. The van der Waals surface area contributed by atoms with Gasteiger partial charge in [0.2, 0.25) is 5.88 Å². The molecule has 2 N–H and O–H groups in total. The molecule has 0 fully saturated rings. The zero-order valence-electron chi connectivity index (χ0n) is 14.3. The van der Waals surface area contributed by atoms with Crippen LogP contribution in [0.15, 0.2) is 70.8 Å². The lowest BCUT2D eigenvalue weighted by molar-refractivity contribution is 0.247. The van der Waals surface area contributed by atoms with E-state index in [1.54, 1.807) is 6.07 Å². The molecule has 0 saturated carbocycles. The number of ether oxygens (including phenoxy) is 1. The predicted molar refractivity (Wildman–Crippen MR) is 106 cm³/mol. The summed E-state index contributed by atoms with van der Waals surface area (Å²) in [6, 6.07) is 9.54. The van der Waals surface area contributed by atoms with Crippen LogP contribution in [0.1, 0.15) is 17.4 Å². The smallest absolute Gasteiger partial charge is 0.205 e. The van der Waals surface area contributed by atoms with Crippen molar-refractivity contribution in [3.8, 4) is 6.07 Å². The van der Waals surface area contributed by atoms with Gasteiger partial charge in [0.1, 0.15) is 28.9 Å². The summed E-state index contributed by atoms with van der Waals surface area (Å²) in [5, 5.41) is 9.67. The highest BCUT2D eigenvalue weighted by Gasteiger charge is 2.38. The van der Waals surface area contributed by atoms with Gasteiger partial charge in [0.15, 0.2) is 9.34 Å². The van der Waals surface area contributed by atoms with Gasteiger partial charge >= 0.3 is 0 Å². The second-order valence-electron chi connectivity index (χ2n) is 6.40. The molecule has 0 bridgehead atoms. The first-order valence-corrected chi connectivity index (χ1v) is 9.75. The first kappa shape index (κ1) is 18.2. The number of hydrogen-bond donors (Lipinski definition) is 1. The minimum atomic E-state index is -0.389. The van der Waals surface area contributed by atoms with E-state index in [4.69, 9.17) is 19.3 Å².